The second-order valence-corrected chi connectivity index (χ2v) is 3.23. The van der Waals surface area contributed by atoms with Crippen molar-refractivity contribution in [2.45, 2.75) is 18.6 Å². The van der Waals surface area contributed by atoms with Crippen molar-refractivity contribution in [2.75, 3.05) is 14.2 Å². The number of halogens is 3. The lowest BCUT2D eigenvalue weighted by atomic mass is 10.1. The Labute approximate surface area is 95.8 Å². The quantitative estimate of drug-likeness (QED) is 0.876. The summed E-state index contributed by atoms with van der Waals surface area (Å²) in [6.45, 7) is 0. The predicted octanol–water partition coefficient (Wildman–Crippen LogP) is 1.45. The van der Waals surface area contributed by atoms with E-state index in [0.29, 0.717) is 0 Å². The number of alkyl halides is 3. The molecule has 0 bridgehead atoms. The maximum Gasteiger partial charge on any atom is 0.390 e. The Morgan fingerprint density at radius 3 is 2.47 bits per heavy atom. The highest BCUT2D eigenvalue weighted by molar-refractivity contribution is 5.25. The molecule has 1 atom stereocenters. The molecular weight excluding hydrogens is 239 g/mol. The second kappa shape index (κ2) is 5.17. The topological polar surface area (TPSA) is 70.3 Å². The molecule has 1 heterocycles. The van der Waals surface area contributed by atoms with Crippen molar-refractivity contribution in [3.8, 4) is 11.8 Å². The lowest BCUT2D eigenvalue weighted by molar-refractivity contribution is -0.138. The molecule has 0 radical (unpaired) electrons. The first-order chi connectivity index (χ1) is 7.87. The molecule has 96 valence electrons. The summed E-state index contributed by atoms with van der Waals surface area (Å²) in [6.07, 6.45) is -4.37. The summed E-state index contributed by atoms with van der Waals surface area (Å²) in [6, 6.07) is -1.32. The van der Waals surface area contributed by atoms with Crippen molar-refractivity contribution >= 4 is 0 Å². The molecule has 17 heavy (non-hydrogen) atoms. The van der Waals surface area contributed by atoms with E-state index in [0.717, 1.165) is 0 Å². The SMILES string of the molecule is COc1cnc(C(N)CC(F)(F)F)c(OC)n1. The predicted molar refractivity (Wildman–Crippen MR) is 52.7 cm³/mol. The van der Waals surface area contributed by atoms with Gasteiger partial charge in [-0.15, -0.1) is 0 Å². The summed E-state index contributed by atoms with van der Waals surface area (Å²) < 4.78 is 46.1. The van der Waals surface area contributed by atoms with Crippen LogP contribution in [0.5, 0.6) is 11.8 Å². The van der Waals surface area contributed by atoms with E-state index in [1.165, 1.54) is 20.4 Å². The molecule has 8 heteroatoms. The van der Waals surface area contributed by atoms with Crippen LogP contribution in [0.2, 0.25) is 0 Å². The van der Waals surface area contributed by atoms with Gasteiger partial charge in [-0.05, 0) is 0 Å². The zero-order valence-corrected chi connectivity index (χ0v) is 9.28. The maximum absolute atomic E-state index is 12.2. The number of methoxy groups -OCH3 is 2. The van der Waals surface area contributed by atoms with Crippen LogP contribution in [0.15, 0.2) is 6.20 Å². The summed E-state index contributed by atoms with van der Waals surface area (Å²) in [5.74, 6) is 0.0749. The van der Waals surface area contributed by atoms with Crippen LogP contribution in [0.3, 0.4) is 0 Å². The molecule has 0 saturated heterocycles. The summed E-state index contributed by atoms with van der Waals surface area (Å²) in [5, 5.41) is 0. The van der Waals surface area contributed by atoms with Gasteiger partial charge in [-0.25, -0.2) is 4.98 Å². The van der Waals surface area contributed by atoms with Crippen LogP contribution >= 0.6 is 0 Å². The van der Waals surface area contributed by atoms with Gasteiger partial charge in [-0.3, -0.25) is 0 Å². The van der Waals surface area contributed by atoms with Crippen LogP contribution in [-0.2, 0) is 0 Å². The molecule has 1 rings (SSSR count). The molecule has 0 saturated carbocycles. The van der Waals surface area contributed by atoms with Gasteiger partial charge in [-0.2, -0.15) is 18.2 Å². The van der Waals surface area contributed by atoms with Gasteiger partial charge in [0.2, 0.25) is 11.8 Å². The van der Waals surface area contributed by atoms with E-state index in [-0.39, 0.29) is 17.5 Å². The van der Waals surface area contributed by atoms with Crippen molar-refractivity contribution in [2.24, 2.45) is 5.73 Å². The van der Waals surface area contributed by atoms with Gasteiger partial charge in [0.05, 0.1) is 32.9 Å². The molecule has 2 N–H and O–H groups in total. The zero-order valence-electron chi connectivity index (χ0n) is 9.28. The average molecular weight is 251 g/mol. The fraction of sp³-hybridized carbons (Fsp3) is 0.556. The normalized spacial score (nSPS) is 13.3. The third kappa shape index (κ3) is 3.74. The lowest BCUT2D eigenvalue weighted by Gasteiger charge is -2.15. The van der Waals surface area contributed by atoms with Gasteiger partial charge in [0.15, 0.2) is 0 Å². The van der Waals surface area contributed by atoms with Crippen LogP contribution in [0.1, 0.15) is 18.2 Å². The van der Waals surface area contributed by atoms with Crippen LogP contribution < -0.4 is 15.2 Å². The van der Waals surface area contributed by atoms with Gasteiger partial charge < -0.3 is 15.2 Å². The van der Waals surface area contributed by atoms with E-state index in [2.05, 4.69) is 9.97 Å². The molecular formula is C9H12F3N3O2. The minimum atomic E-state index is -4.37. The third-order valence-corrected chi connectivity index (χ3v) is 1.95. The summed E-state index contributed by atoms with van der Waals surface area (Å²) >= 11 is 0. The number of nitrogens with zero attached hydrogens (tertiary/aromatic N) is 2. The summed E-state index contributed by atoms with van der Waals surface area (Å²) in [4.78, 5) is 7.57. The summed E-state index contributed by atoms with van der Waals surface area (Å²) in [7, 11) is 2.63. The Hall–Kier alpha value is -1.57. The fourth-order valence-corrected chi connectivity index (χ4v) is 1.22. The highest BCUT2D eigenvalue weighted by atomic mass is 19.4. The Morgan fingerprint density at radius 2 is 2.00 bits per heavy atom. The van der Waals surface area contributed by atoms with E-state index >= 15 is 0 Å². The molecule has 0 amide bonds. The monoisotopic (exact) mass is 251 g/mol. The largest absolute Gasteiger partial charge is 0.480 e. The van der Waals surface area contributed by atoms with E-state index < -0.39 is 18.6 Å². The van der Waals surface area contributed by atoms with Crippen molar-refractivity contribution in [3.63, 3.8) is 0 Å². The van der Waals surface area contributed by atoms with Crippen LogP contribution in [0.25, 0.3) is 0 Å². The fourth-order valence-electron chi connectivity index (χ4n) is 1.22. The lowest BCUT2D eigenvalue weighted by Crippen LogP contribution is -2.22. The van der Waals surface area contributed by atoms with Gasteiger partial charge >= 0.3 is 6.18 Å². The van der Waals surface area contributed by atoms with Gasteiger partial charge in [-0.1, -0.05) is 0 Å². The molecule has 0 spiro atoms. The molecule has 0 aliphatic carbocycles. The molecule has 0 aromatic carbocycles. The molecule has 1 unspecified atom stereocenters. The number of hydrogen-bond acceptors (Lipinski definition) is 5. The minimum absolute atomic E-state index is 0.0503. The van der Waals surface area contributed by atoms with Crippen molar-refractivity contribution < 1.29 is 22.6 Å². The standard InChI is InChI=1S/C9H12F3N3O2/c1-16-6-4-14-7(8(15-6)17-2)5(13)3-9(10,11)12/h4-5H,3,13H2,1-2H3. The highest BCUT2D eigenvalue weighted by Gasteiger charge is 2.33. The smallest absolute Gasteiger partial charge is 0.390 e. The Balaban J connectivity index is 2.96. The van der Waals surface area contributed by atoms with E-state index in [1.54, 1.807) is 0 Å². The van der Waals surface area contributed by atoms with Crippen molar-refractivity contribution in [3.05, 3.63) is 11.9 Å². The number of hydrogen-bond donors (Lipinski definition) is 1. The molecule has 0 aliphatic rings. The highest BCUT2D eigenvalue weighted by Crippen LogP contribution is 2.30. The number of nitrogens with two attached hydrogens (primary N) is 1. The zero-order chi connectivity index (χ0) is 13.1. The minimum Gasteiger partial charge on any atom is -0.480 e. The van der Waals surface area contributed by atoms with Crippen LogP contribution in [-0.4, -0.2) is 30.4 Å². The average Bonchev–Trinajstić information content (AvgIpc) is 2.25. The Kier molecular flexibility index (Phi) is 4.11. The second-order valence-electron chi connectivity index (χ2n) is 3.23. The number of aromatic nitrogens is 2. The molecule has 1 aromatic heterocycles. The summed E-state index contributed by atoms with van der Waals surface area (Å²) in [5.41, 5.74) is 5.36. The maximum atomic E-state index is 12.2. The molecule has 1 aromatic rings. The van der Waals surface area contributed by atoms with Crippen LogP contribution in [0.4, 0.5) is 13.2 Å². The van der Waals surface area contributed by atoms with Crippen LogP contribution in [0, 0.1) is 0 Å². The molecule has 0 fully saturated rings. The van der Waals surface area contributed by atoms with Crippen molar-refractivity contribution in [1.29, 1.82) is 0 Å². The van der Waals surface area contributed by atoms with Gasteiger partial charge in [0.1, 0.15) is 5.69 Å². The first-order valence-corrected chi connectivity index (χ1v) is 4.64. The first-order valence-electron chi connectivity index (χ1n) is 4.64. The van der Waals surface area contributed by atoms with E-state index in [4.69, 9.17) is 15.2 Å². The van der Waals surface area contributed by atoms with Gasteiger partial charge in [0.25, 0.3) is 0 Å². The van der Waals surface area contributed by atoms with Crippen molar-refractivity contribution in [1.82, 2.24) is 9.97 Å². The first kappa shape index (κ1) is 13.5. The Morgan fingerprint density at radius 1 is 1.35 bits per heavy atom. The van der Waals surface area contributed by atoms with E-state index in [9.17, 15) is 13.2 Å². The third-order valence-electron chi connectivity index (χ3n) is 1.95. The van der Waals surface area contributed by atoms with E-state index in [1.807, 2.05) is 0 Å². The number of ether oxygens (including phenoxy) is 2. The molecule has 0 aliphatic heterocycles. The van der Waals surface area contributed by atoms with Gasteiger partial charge in [0, 0.05) is 0 Å². The Bertz CT molecular complexity index is 384. The number of rotatable bonds is 4. The molecule has 5 nitrogen and oxygen atoms in total.